The Morgan fingerprint density at radius 3 is 2.51 bits per heavy atom. The van der Waals surface area contributed by atoms with E-state index in [1.54, 1.807) is 26.4 Å². The van der Waals surface area contributed by atoms with Crippen molar-refractivity contribution in [2.24, 2.45) is 0 Å². The van der Waals surface area contributed by atoms with Crippen LogP contribution in [-0.4, -0.2) is 66.9 Å². The van der Waals surface area contributed by atoms with E-state index in [1.165, 1.54) is 4.68 Å². The molecule has 3 atom stereocenters. The number of nitrogens with zero attached hydrogens (tertiary/aromatic N) is 3. The average molecular weight is 562 g/mol. The largest absolute Gasteiger partial charge is 0.493 e. The fourth-order valence-corrected chi connectivity index (χ4v) is 5.25. The van der Waals surface area contributed by atoms with E-state index in [-0.39, 0.29) is 36.8 Å². The number of nitrogens with one attached hydrogen (secondary N) is 2. The van der Waals surface area contributed by atoms with E-state index in [0.717, 1.165) is 29.8 Å². The third kappa shape index (κ3) is 5.96. The van der Waals surface area contributed by atoms with Crippen LogP contribution >= 0.6 is 12.4 Å². The Balaban J connectivity index is 0.00000353. The van der Waals surface area contributed by atoms with Crippen LogP contribution in [0.5, 0.6) is 11.5 Å². The number of halogens is 3. The minimum Gasteiger partial charge on any atom is -0.493 e. The van der Waals surface area contributed by atoms with Gasteiger partial charge in [0, 0.05) is 37.3 Å². The van der Waals surface area contributed by atoms with Gasteiger partial charge in [0.15, 0.2) is 11.5 Å². The molecule has 0 bridgehead atoms. The van der Waals surface area contributed by atoms with Crippen LogP contribution in [0.1, 0.15) is 36.6 Å². The lowest BCUT2D eigenvalue weighted by atomic mass is 9.97. The van der Waals surface area contributed by atoms with Crippen LogP contribution in [0.4, 0.5) is 14.6 Å². The van der Waals surface area contributed by atoms with Crippen LogP contribution in [0.15, 0.2) is 48.5 Å². The zero-order chi connectivity index (χ0) is 26.8. The van der Waals surface area contributed by atoms with E-state index < -0.39 is 12.5 Å². The molecule has 1 amide bonds. The number of anilines is 1. The number of ether oxygens (including phenoxy) is 2. The fourth-order valence-electron chi connectivity index (χ4n) is 5.25. The lowest BCUT2D eigenvalue weighted by Gasteiger charge is -2.34. The third-order valence-corrected chi connectivity index (χ3v) is 7.38. The van der Waals surface area contributed by atoms with Crippen LogP contribution in [0.25, 0.3) is 11.3 Å². The Bertz CT molecular complexity index is 1290. The second-order valence-corrected chi connectivity index (χ2v) is 9.82. The van der Waals surface area contributed by atoms with E-state index in [4.69, 9.17) is 9.47 Å². The highest BCUT2D eigenvalue weighted by molar-refractivity contribution is 5.85. The molecule has 3 heterocycles. The first-order chi connectivity index (χ1) is 18.4. The number of fused-ring (bicyclic) bond motifs is 1. The zero-order valence-corrected chi connectivity index (χ0v) is 23.0. The highest BCUT2D eigenvalue weighted by atomic mass is 35.5. The quantitative estimate of drug-likeness (QED) is 0.435. The van der Waals surface area contributed by atoms with E-state index in [9.17, 15) is 13.6 Å². The van der Waals surface area contributed by atoms with Gasteiger partial charge in [0.25, 0.3) is 6.43 Å². The van der Waals surface area contributed by atoms with Crippen LogP contribution in [0.2, 0.25) is 0 Å². The molecule has 1 aromatic heterocycles. The van der Waals surface area contributed by atoms with Crippen LogP contribution in [0.3, 0.4) is 0 Å². The Morgan fingerprint density at radius 2 is 1.85 bits per heavy atom. The van der Waals surface area contributed by atoms with Crippen LogP contribution in [0, 0.1) is 0 Å². The molecule has 5 rings (SSSR count). The average Bonchev–Trinajstić information content (AvgIpc) is 3.36. The van der Waals surface area contributed by atoms with E-state index >= 15 is 0 Å². The summed E-state index contributed by atoms with van der Waals surface area (Å²) in [6.45, 7) is 4.36. The van der Waals surface area contributed by atoms with Crippen molar-refractivity contribution in [3.05, 3.63) is 59.7 Å². The topological polar surface area (TPSA) is 80.7 Å². The summed E-state index contributed by atoms with van der Waals surface area (Å²) in [5.41, 5.74) is 3.14. The number of methoxy groups -OCH3 is 2. The monoisotopic (exact) mass is 561 g/mol. The summed E-state index contributed by atoms with van der Waals surface area (Å²) in [4.78, 5) is 14.7. The maximum Gasteiger partial charge on any atom is 0.260 e. The fraction of sp³-hybridized carbons (Fsp3) is 0.429. The maximum atomic E-state index is 14.1. The molecule has 0 saturated carbocycles. The molecule has 0 radical (unpaired) electrons. The number of alkyl halides is 2. The number of benzene rings is 2. The second kappa shape index (κ2) is 12.2. The number of aromatic nitrogens is 2. The second-order valence-electron chi connectivity index (χ2n) is 9.82. The minimum atomic E-state index is -2.58. The zero-order valence-electron chi connectivity index (χ0n) is 22.2. The summed E-state index contributed by atoms with van der Waals surface area (Å²) >= 11 is 0. The Morgan fingerprint density at radius 1 is 1.10 bits per heavy atom. The van der Waals surface area contributed by atoms with Crippen molar-refractivity contribution in [3.63, 3.8) is 0 Å². The van der Waals surface area contributed by atoms with Crippen LogP contribution in [-0.2, 0) is 11.2 Å². The third-order valence-electron chi connectivity index (χ3n) is 7.38. The standard InChI is InChI=1S/C28H33F2N5O3.ClH/c1-17-16-31-10-11-34(17)27(36)12-18-4-6-19(7-5-18)22-15-26-32-21(14-23(28(29)30)35(26)33-22)20-8-9-24(37-2)25(13-20)38-3;/h4-9,13,15,17,21,23,28,31-32H,10-12,14,16H2,1-3H3;1H. The molecule has 210 valence electrons. The van der Waals surface area contributed by atoms with Gasteiger partial charge in [0.1, 0.15) is 11.9 Å². The summed E-state index contributed by atoms with van der Waals surface area (Å²) in [6.07, 6.45) is -2.08. The van der Waals surface area contributed by atoms with Gasteiger partial charge in [-0.25, -0.2) is 13.5 Å². The molecule has 3 unspecified atom stereocenters. The minimum absolute atomic E-state index is 0. The van der Waals surface area contributed by atoms with Gasteiger partial charge in [-0.1, -0.05) is 30.3 Å². The molecule has 2 N–H and O–H groups in total. The Kier molecular flexibility index (Phi) is 8.97. The van der Waals surface area contributed by atoms with Crippen LogP contribution < -0.4 is 20.1 Å². The van der Waals surface area contributed by atoms with Gasteiger partial charge in [-0.05, 0) is 36.6 Å². The highest BCUT2D eigenvalue weighted by Gasteiger charge is 2.35. The molecule has 2 aromatic carbocycles. The molecule has 0 spiro atoms. The van der Waals surface area contributed by atoms with Gasteiger partial charge in [0.2, 0.25) is 5.91 Å². The Labute approximate surface area is 233 Å². The van der Waals surface area contributed by atoms with Crippen molar-refractivity contribution in [1.29, 1.82) is 0 Å². The SMILES string of the molecule is COc1ccc(C2CC(C(F)F)n3nc(-c4ccc(CC(=O)N5CCNCC5C)cc4)cc3N2)cc1OC.Cl. The van der Waals surface area contributed by atoms with Crippen molar-refractivity contribution in [3.8, 4) is 22.8 Å². The molecule has 1 fully saturated rings. The number of carbonyl (C=O) groups is 1. The van der Waals surface area contributed by atoms with Gasteiger partial charge in [-0.15, -0.1) is 12.4 Å². The lowest BCUT2D eigenvalue weighted by molar-refractivity contribution is -0.133. The highest BCUT2D eigenvalue weighted by Crippen LogP contribution is 2.41. The number of carbonyl (C=O) groups excluding carboxylic acids is 1. The van der Waals surface area contributed by atoms with Crippen molar-refractivity contribution in [2.75, 3.05) is 39.2 Å². The normalized spacial score (nSPS) is 20.6. The molecular weight excluding hydrogens is 528 g/mol. The maximum absolute atomic E-state index is 14.1. The first-order valence-corrected chi connectivity index (χ1v) is 12.8. The molecule has 3 aromatic rings. The first-order valence-electron chi connectivity index (χ1n) is 12.8. The summed E-state index contributed by atoms with van der Waals surface area (Å²) in [5.74, 6) is 1.76. The predicted octanol–water partition coefficient (Wildman–Crippen LogP) is 4.72. The molecule has 39 heavy (non-hydrogen) atoms. The lowest BCUT2D eigenvalue weighted by Crippen LogP contribution is -2.52. The number of hydrogen-bond acceptors (Lipinski definition) is 6. The summed E-state index contributed by atoms with van der Waals surface area (Å²) < 4.78 is 40.4. The van der Waals surface area contributed by atoms with Crippen molar-refractivity contribution in [2.45, 2.75) is 44.3 Å². The van der Waals surface area contributed by atoms with E-state index in [0.29, 0.717) is 36.0 Å². The van der Waals surface area contributed by atoms with Gasteiger partial charge in [-0.2, -0.15) is 5.10 Å². The molecule has 2 aliphatic rings. The number of amides is 1. The van der Waals surface area contributed by atoms with Crippen molar-refractivity contribution in [1.82, 2.24) is 20.0 Å². The number of rotatable bonds is 7. The van der Waals surface area contributed by atoms with Gasteiger partial charge in [0.05, 0.1) is 32.4 Å². The molecular formula is C28H34ClF2N5O3. The van der Waals surface area contributed by atoms with Crippen molar-refractivity contribution >= 4 is 24.1 Å². The molecule has 11 heteroatoms. The Hall–Kier alpha value is -3.37. The van der Waals surface area contributed by atoms with E-state index in [2.05, 4.69) is 15.7 Å². The molecule has 2 aliphatic heterocycles. The summed E-state index contributed by atoms with van der Waals surface area (Å²) in [5, 5.41) is 11.2. The first kappa shape index (κ1) is 28.6. The van der Waals surface area contributed by atoms with Gasteiger partial charge < -0.3 is 25.0 Å². The molecule has 0 aliphatic carbocycles. The summed E-state index contributed by atoms with van der Waals surface area (Å²) in [7, 11) is 3.10. The number of piperazine rings is 1. The molecule has 8 nitrogen and oxygen atoms in total. The van der Waals surface area contributed by atoms with Gasteiger partial charge >= 0.3 is 0 Å². The molecule has 1 saturated heterocycles. The predicted molar refractivity (Wildman–Crippen MR) is 148 cm³/mol. The van der Waals surface area contributed by atoms with Gasteiger partial charge in [-0.3, -0.25) is 4.79 Å². The summed E-state index contributed by atoms with van der Waals surface area (Å²) in [6, 6.07) is 13.6. The van der Waals surface area contributed by atoms with Crippen molar-refractivity contribution < 1.29 is 23.0 Å². The smallest absolute Gasteiger partial charge is 0.260 e. The van der Waals surface area contributed by atoms with E-state index in [1.807, 2.05) is 48.2 Å². The number of hydrogen-bond donors (Lipinski definition) is 2.